The molecule has 3 nitrogen and oxygen atoms in total. The van der Waals surface area contributed by atoms with Gasteiger partial charge >= 0.3 is 0 Å². The summed E-state index contributed by atoms with van der Waals surface area (Å²) in [5.74, 6) is 0.648. The first-order valence-electron chi connectivity index (χ1n) is 5.81. The highest BCUT2D eigenvalue weighted by atomic mass is 32.1. The lowest BCUT2D eigenvalue weighted by molar-refractivity contribution is 0.562. The van der Waals surface area contributed by atoms with E-state index in [1.54, 1.807) is 17.5 Å². The summed E-state index contributed by atoms with van der Waals surface area (Å²) in [6, 6.07) is 8.55. The molecular weight excluding hydrogens is 230 g/mol. The van der Waals surface area contributed by atoms with Gasteiger partial charge in [-0.1, -0.05) is 36.5 Å². The van der Waals surface area contributed by atoms with Crippen molar-refractivity contribution in [3.8, 4) is 0 Å². The van der Waals surface area contributed by atoms with Crippen molar-refractivity contribution >= 4 is 27.2 Å². The van der Waals surface area contributed by atoms with Gasteiger partial charge in [0.25, 0.3) is 0 Å². The molecule has 0 amide bonds. The fourth-order valence-corrected chi connectivity index (χ4v) is 3.08. The number of rotatable bonds is 1. The summed E-state index contributed by atoms with van der Waals surface area (Å²) in [6.45, 7) is 3.30. The number of thiazole rings is 1. The Morgan fingerprint density at radius 2 is 2.24 bits per heavy atom. The molecule has 1 unspecified atom stereocenters. The molecule has 2 heterocycles. The molecule has 0 fully saturated rings. The SMILES string of the molecule is CC1Cc2ccccc2N(c2ncc(N)s2)C1. The van der Waals surface area contributed by atoms with Crippen LogP contribution in [0, 0.1) is 5.92 Å². The van der Waals surface area contributed by atoms with E-state index in [0.717, 1.165) is 23.1 Å². The highest BCUT2D eigenvalue weighted by Crippen LogP contribution is 2.37. The molecule has 0 saturated heterocycles. The lowest BCUT2D eigenvalue weighted by Crippen LogP contribution is -2.30. The molecule has 4 heteroatoms. The quantitative estimate of drug-likeness (QED) is 0.839. The second kappa shape index (κ2) is 4.04. The summed E-state index contributed by atoms with van der Waals surface area (Å²) in [5, 5.41) is 1.78. The second-order valence-electron chi connectivity index (χ2n) is 4.59. The normalized spacial score (nSPS) is 19.1. The van der Waals surface area contributed by atoms with Crippen molar-refractivity contribution in [2.75, 3.05) is 17.2 Å². The molecular formula is C13H15N3S. The zero-order valence-electron chi connectivity index (χ0n) is 9.76. The van der Waals surface area contributed by atoms with E-state index in [2.05, 4.69) is 41.1 Å². The van der Waals surface area contributed by atoms with Crippen LogP contribution < -0.4 is 10.6 Å². The van der Waals surface area contributed by atoms with Crippen LogP contribution in [0.5, 0.6) is 0 Å². The summed E-state index contributed by atoms with van der Waals surface area (Å²) in [5.41, 5.74) is 8.45. The Labute approximate surface area is 105 Å². The second-order valence-corrected chi connectivity index (χ2v) is 5.63. The predicted molar refractivity (Wildman–Crippen MR) is 72.8 cm³/mol. The molecule has 0 radical (unpaired) electrons. The number of nitrogens with zero attached hydrogens (tertiary/aromatic N) is 2. The molecule has 3 rings (SSSR count). The third kappa shape index (κ3) is 1.89. The minimum Gasteiger partial charge on any atom is -0.389 e. The first-order valence-corrected chi connectivity index (χ1v) is 6.62. The van der Waals surface area contributed by atoms with E-state index in [1.807, 2.05) is 0 Å². The van der Waals surface area contributed by atoms with E-state index in [1.165, 1.54) is 11.3 Å². The highest BCUT2D eigenvalue weighted by molar-refractivity contribution is 7.19. The molecule has 1 atom stereocenters. The standard InChI is InChI=1S/C13H15N3S/c1-9-6-10-4-2-3-5-11(10)16(8-9)13-15-7-12(14)17-13/h2-5,7,9H,6,8,14H2,1H3. The number of benzene rings is 1. The smallest absolute Gasteiger partial charge is 0.191 e. The summed E-state index contributed by atoms with van der Waals surface area (Å²) >= 11 is 1.55. The molecule has 1 aliphatic heterocycles. The van der Waals surface area contributed by atoms with Crippen LogP contribution in [0.15, 0.2) is 30.5 Å². The van der Waals surface area contributed by atoms with Gasteiger partial charge in [-0.15, -0.1) is 0 Å². The largest absolute Gasteiger partial charge is 0.389 e. The third-order valence-electron chi connectivity index (χ3n) is 3.09. The molecule has 88 valence electrons. The third-order valence-corrected chi connectivity index (χ3v) is 3.94. The zero-order valence-corrected chi connectivity index (χ0v) is 10.6. The van der Waals surface area contributed by atoms with E-state index in [-0.39, 0.29) is 0 Å². The van der Waals surface area contributed by atoms with Crippen molar-refractivity contribution in [1.29, 1.82) is 0 Å². The Bertz CT molecular complexity index is 535. The minimum atomic E-state index is 0.648. The van der Waals surface area contributed by atoms with Gasteiger partial charge in [-0.05, 0) is 24.0 Å². The predicted octanol–water partition coefficient (Wildman–Crippen LogP) is 3.06. The first-order chi connectivity index (χ1) is 8.24. The minimum absolute atomic E-state index is 0.648. The molecule has 0 aliphatic carbocycles. The molecule has 0 spiro atoms. The Morgan fingerprint density at radius 3 is 3.00 bits per heavy atom. The molecule has 0 saturated carbocycles. The van der Waals surface area contributed by atoms with Gasteiger partial charge in [-0.2, -0.15) is 0 Å². The van der Waals surface area contributed by atoms with E-state index >= 15 is 0 Å². The summed E-state index contributed by atoms with van der Waals surface area (Å²) in [4.78, 5) is 6.67. The van der Waals surface area contributed by atoms with Gasteiger partial charge < -0.3 is 10.6 Å². The number of fused-ring (bicyclic) bond motifs is 1. The fraction of sp³-hybridized carbons (Fsp3) is 0.308. The van der Waals surface area contributed by atoms with Crippen LogP contribution in [0.1, 0.15) is 12.5 Å². The maximum Gasteiger partial charge on any atom is 0.191 e. The zero-order chi connectivity index (χ0) is 11.8. The highest BCUT2D eigenvalue weighted by Gasteiger charge is 2.24. The lowest BCUT2D eigenvalue weighted by Gasteiger charge is -2.32. The summed E-state index contributed by atoms with van der Waals surface area (Å²) < 4.78 is 0. The van der Waals surface area contributed by atoms with E-state index in [0.29, 0.717) is 5.92 Å². The van der Waals surface area contributed by atoms with Gasteiger partial charge in [-0.3, -0.25) is 0 Å². The van der Waals surface area contributed by atoms with Gasteiger partial charge in [0.05, 0.1) is 6.20 Å². The summed E-state index contributed by atoms with van der Waals surface area (Å²) in [7, 11) is 0. The maximum atomic E-state index is 5.77. The van der Waals surface area contributed by atoms with Gasteiger partial charge in [0.2, 0.25) is 0 Å². The number of hydrogen-bond donors (Lipinski definition) is 1. The van der Waals surface area contributed by atoms with Crippen LogP contribution in [-0.2, 0) is 6.42 Å². The fourth-order valence-electron chi connectivity index (χ4n) is 2.38. The van der Waals surface area contributed by atoms with Crippen molar-refractivity contribution in [3.05, 3.63) is 36.0 Å². The number of para-hydroxylation sites is 1. The van der Waals surface area contributed by atoms with E-state index < -0.39 is 0 Å². The van der Waals surface area contributed by atoms with Crippen molar-refractivity contribution in [3.63, 3.8) is 0 Å². The number of nitrogens with two attached hydrogens (primary N) is 1. The molecule has 1 aromatic carbocycles. The molecule has 0 bridgehead atoms. The monoisotopic (exact) mass is 245 g/mol. The first kappa shape index (κ1) is 10.6. The Morgan fingerprint density at radius 1 is 1.41 bits per heavy atom. The lowest BCUT2D eigenvalue weighted by atomic mass is 9.94. The van der Waals surface area contributed by atoms with Crippen molar-refractivity contribution < 1.29 is 0 Å². The van der Waals surface area contributed by atoms with E-state index in [4.69, 9.17) is 5.73 Å². The molecule has 2 aromatic rings. The average Bonchev–Trinajstić information content (AvgIpc) is 2.74. The van der Waals surface area contributed by atoms with Crippen LogP contribution >= 0.6 is 11.3 Å². The Hall–Kier alpha value is -1.55. The average molecular weight is 245 g/mol. The van der Waals surface area contributed by atoms with Gasteiger partial charge in [0.15, 0.2) is 5.13 Å². The molecule has 1 aromatic heterocycles. The molecule has 2 N–H and O–H groups in total. The van der Waals surface area contributed by atoms with Gasteiger partial charge in [0.1, 0.15) is 5.00 Å². The number of nitrogen functional groups attached to an aromatic ring is 1. The number of aromatic nitrogens is 1. The van der Waals surface area contributed by atoms with Crippen LogP contribution in [-0.4, -0.2) is 11.5 Å². The number of anilines is 3. The van der Waals surface area contributed by atoms with Crippen LogP contribution in [0.2, 0.25) is 0 Å². The maximum absolute atomic E-state index is 5.77. The van der Waals surface area contributed by atoms with Crippen LogP contribution in [0.3, 0.4) is 0 Å². The van der Waals surface area contributed by atoms with Crippen LogP contribution in [0.25, 0.3) is 0 Å². The summed E-state index contributed by atoms with van der Waals surface area (Å²) in [6.07, 6.45) is 2.88. The van der Waals surface area contributed by atoms with Gasteiger partial charge in [0, 0.05) is 12.2 Å². The van der Waals surface area contributed by atoms with Crippen molar-refractivity contribution in [2.24, 2.45) is 5.92 Å². The number of hydrogen-bond acceptors (Lipinski definition) is 4. The molecule has 17 heavy (non-hydrogen) atoms. The molecule has 1 aliphatic rings. The Kier molecular flexibility index (Phi) is 2.52. The van der Waals surface area contributed by atoms with Crippen molar-refractivity contribution in [1.82, 2.24) is 4.98 Å². The topological polar surface area (TPSA) is 42.2 Å². The van der Waals surface area contributed by atoms with Crippen molar-refractivity contribution in [2.45, 2.75) is 13.3 Å². The Balaban J connectivity index is 2.06. The van der Waals surface area contributed by atoms with Gasteiger partial charge in [-0.25, -0.2) is 4.98 Å². The van der Waals surface area contributed by atoms with Crippen LogP contribution in [0.4, 0.5) is 15.8 Å². The van der Waals surface area contributed by atoms with E-state index in [9.17, 15) is 0 Å².